The Hall–Kier alpha value is -1.16. The number of benzene rings is 1. The largest absolute Gasteiger partial charge is 0.363 e. The minimum atomic E-state index is -0.744. The van der Waals surface area contributed by atoms with Crippen LogP contribution in [0.15, 0.2) is 18.2 Å². The van der Waals surface area contributed by atoms with Crippen LogP contribution in [0, 0.1) is 11.6 Å². The van der Waals surface area contributed by atoms with Gasteiger partial charge in [-0.1, -0.05) is 6.07 Å². The van der Waals surface area contributed by atoms with Crippen molar-refractivity contribution in [3.63, 3.8) is 0 Å². The lowest BCUT2D eigenvalue weighted by Gasteiger charge is -2.50. The Labute approximate surface area is 112 Å². The summed E-state index contributed by atoms with van der Waals surface area (Å²) in [5, 5.41) is 3.34. The molecule has 2 fully saturated rings. The fourth-order valence-electron chi connectivity index (χ4n) is 3.70. The molecule has 2 aliphatic heterocycles. The zero-order valence-electron chi connectivity index (χ0n) is 11.2. The number of anilines is 1. The van der Waals surface area contributed by atoms with Crippen LogP contribution in [0.2, 0.25) is 0 Å². The van der Waals surface area contributed by atoms with Crippen LogP contribution in [0.3, 0.4) is 0 Å². The Kier molecular flexibility index (Phi) is 3.44. The number of hydrogen-bond donors (Lipinski definition) is 1. The van der Waals surface area contributed by atoms with Gasteiger partial charge in [-0.25, -0.2) is 8.78 Å². The first-order valence-electron chi connectivity index (χ1n) is 7.10. The molecule has 104 valence electrons. The molecule has 2 heterocycles. The van der Waals surface area contributed by atoms with E-state index in [1.807, 2.05) is 7.05 Å². The van der Waals surface area contributed by atoms with Crippen LogP contribution < -0.4 is 10.2 Å². The first kappa shape index (κ1) is 12.9. The molecule has 2 atom stereocenters. The van der Waals surface area contributed by atoms with E-state index in [-0.39, 0.29) is 0 Å². The highest BCUT2D eigenvalue weighted by molar-refractivity contribution is 5.51. The number of nitrogens with zero attached hydrogens (tertiary/aromatic N) is 1. The Morgan fingerprint density at radius 2 is 1.84 bits per heavy atom. The highest BCUT2D eigenvalue weighted by Gasteiger charge is 2.39. The maximum Gasteiger partial charge on any atom is 0.182 e. The predicted molar refractivity (Wildman–Crippen MR) is 72.3 cm³/mol. The van der Waals surface area contributed by atoms with Gasteiger partial charge in [0.15, 0.2) is 11.6 Å². The van der Waals surface area contributed by atoms with Gasteiger partial charge in [-0.3, -0.25) is 0 Å². The van der Waals surface area contributed by atoms with E-state index in [1.54, 1.807) is 12.1 Å². The second-order valence-electron chi connectivity index (χ2n) is 5.68. The van der Waals surface area contributed by atoms with E-state index < -0.39 is 11.6 Å². The topological polar surface area (TPSA) is 15.3 Å². The molecule has 1 aromatic carbocycles. The minimum absolute atomic E-state index is 0.334. The fraction of sp³-hybridized carbons (Fsp3) is 0.600. The van der Waals surface area contributed by atoms with Crippen LogP contribution in [0.1, 0.15) is 32.1 Å². The summed E-state index contributed by atoms with van der Waals surface area (Å²) in [6.07, 6.45) is 5.38. The molecule has 2 nitrogen and oxygen atoms in total. The van der Waals surface area contributed by atoms with Gasteiger partial charge >= 0.3 is 0 Å². The molecule has 0 aliphatic carbocycles. The molecule has 19 heavy (non-hydrogen) atoms. The molecule has 2 aliphatic rings. The molecule has 2 bridgehead atoms. The lowest BCUT2D eigenvalue weighted by molar-refractivity contribution is 0.250. The zero-order chi connectivity index (χ0) is 13.4. The molecule has 0 aromatic heterocycles. The number of fused-ring (bicyclic) bond motifs is 2. The van der Waals surface area contributed by atoms with Crippen molar-refractivity contribution in [2.24, 2.45) is 0 Å². The molecular formula is C15H20F2N2. The van der Waals surface area contributed by atoms with E-state index in [9.17, 15) is 8.78 Å². The second kappa shape index (κ2) is 5.08. The third-order valence-electron chi connectivity index (χ3n) is 4.59. The summed E-state index contributed by atoms with van der Waals surface area (Å²) in [5.74, 6) is -1.44. The van der Waals surface area contributed by atoms with Crippen LogP contribution in [0.5, 0.6) is 0 Å². The van der Waals surface area contributed by atoms with Crippen LogP contribution >= 0.6 is 0 Å². The van der Waals surface area contributed by atoms with E-state index in [4.69, 9.17) is 0 Å². The number of rotatable bonds is 2. The van der Waals surface area contributed by atoms with Crippen LogP contribution in [0.4, 0.5) is 14.5 Å². The Bertz CT molecular complexity index is 449. The smallest absolute Gasteiger partial charge is 0.182 e. The van der Waals surface area contributed by atoms with Crippen molar-refractivity contribution in [3.05, 3.63) is 29.8 Å². The lowest BCUT2D eigenvalue weighted by Crippen LogP contribution is -2.56. The Balaban J connectivity index is 1.94. The first-order valence-corrected chi connectivity index (χ1v) is 7.10. The molecule has 4 heteroatoms. The summed E-state index contributed by atoms with van der Waals surface area (Å²) >= 11 is 0. The van der Waals surface area contributed by atoms with Gasteiger partial charge < -0.3 is 10.2 Å². The Morgan fingerprint density at radius 1 is 1.16 bits per heavy atom. The van der Waals surface area contributed by atoms with Gasteiger partial charge in [-0.05, 0) is 51.3 Å². The fourth-order valence-corrected chi connectivity index (χ4v) is 3.70. The summed E-state index contributed by atoms with van der Waals surface area (Å²) in [5.41, 5.74) is 0.448. The lowest BCUT2D eigenvalue weighted by atomic mass is 9.81. The van der Waals surface area contributed by atoms with Gasteiger partial charge in [-0.15, -0.1) is 0 Å². The molecule has 0 spiro atoms. The maximum atomic E-state index is 14.0. The van der Waals surface area contributed by atoms with Gasteiger partial charge in [0.2, 0.25) is 0 Å². The summed E-state index contributed by atoms with van der Waals surface area (Å²) in [6.45, 7) is 0. The van der Waals surface area contributed by atoms with Crippen LogP contribution in [-0.2, 0) is 0 Å². The zero-order valence-corrected chi connectivity index (χ0v) is 11.2. The monoisotopic (exact) mass is 266 g/mol. The van der Waals surface area contributed by atoms with Crippen molar-refractivity contribution in [2.75, 3.05) is 11.9 Å². The average Bonchev–Trinajstić information content (AvgIpc) is 2.40. The Morgan fingerprint density at radius 3 is 2.47 bits per heavy atom. The van der Waals surface area contributed by atoms with Crippen LogP contribution in [-0.4, -0.2) is 25.2 Å². The quantitative estimate of drug-likeness (QED) is 0.885. The normalized spacial score (nSPS) is 30.5. The van der Waals surface area contributed by atoms with Gasteiger partial charge in [0.05, 0.1) is 5.69 Å². The van der Waals surface area contributed by atoms with E-state index >= 15 is 0 Å². The highest BCUT2D eigenvalue weighted by atomic mass is 19.2. The minimum Gasteiger partial charge on any atom is -0.363 e. The number of halogens is 2. The highest BCUT2D eigenvalue weighted by Crippen LogP contribution is 2.39. The van der Waals surface area contributed by atoms with Crippen LogP contribution in [0.25, 0.3) is 0 Å². The standard InChI is InChI=1S/C15H20F2N2/c1-18-10-8-11-4-2-5-12(9-10)19(11)14-7-3-6-13(16)15(14)17/h3,6-7,10-12,18H,2,4-5,8-9H2,1H3. The van der Waals surface area contributed by atoms with E-state index in [0.717, 1.165) is 25.7 Å². The molecule has 1 N–H and O–H groups in total. The van der Waals surface area contributed by atoms with E-state index in [2.05, 4.69) is 10.2 Å². The summed E-state index contributed by atoms with van der Waals surface area (Å²) in [4.78, 5) is 2.13. The third-order valence-corrected chi connectivity index (χ3v) is 4.59. The van der Waals surface area contributed by atoms with Gasteiger partial charge in [0.25, 0.3) is 0 Å². The molecule has 0 amide bonds. The summed E-state index contributed by atoms with van der Waals surface area (Å²) in [6, 6.07) is 5.68. The summed E-state index contributed by atoms with van der Waals surface area (Å²) in [7, 11) is 1.98. The molecule has 0 saturated carbocycles. The van der Waals surface area contributed by atoms with Crippen molar-refractivity contribution in [2.45, 2.75) is 50.2 Å². The SMILES string of the molecule is CNC1CC2CCCC(C1)N2c1cccc(F)c1F. The molecule has 2 unspecified atom stereocenters. The van der Waals surface area contributed by atoms with Crippen molar-refractivity contribution in [1.29, 1.82) is 0 Å². The van der Waals surface area contributed by atoms with Crippen molar-refractivity contribution < 1.29 is 8.78 Å². The molecule has 1 aromatic rings. The average molecular weight is 266 g/mol. The first-order chi connectivity index (χ1) is 9.20. The second-order valence-corrected chi connectivity index (χ2v) is 5.68. The molecule has 0 radical (unpaired) electrons. The van der Waals surface area contributed by atoms with E-state index in [0.29, 0.717) is 23.8 Å². The van der Waals surface area contributed by atoms with Crippen molar-refractivity contribution >= 4 is 5.69 Å². The van der Waals surface area contributed by atoms with E-state index in [1.165, 1.54) is 12.5 Å². The predicted octanol–water partition coefficient (Wildman–Crippen LogP) is 3.07. The molecule has 2 saturated heterocycles. The number of piperidine rings is 2. The van der Waals surface area contributed by atoms with Crippen molar-refractivity contribution in [1.82, 2.24) is 5.32 Å². The van der Waals surface area contributed by atoms with Crippen molar-refractivity contribution in [3.8, 4) is 0 Å². The molecular weight excluding hydrogens is 246 g/mol. The van der Waals surface area contributed by atoms with Gasteiger partial charge in [-0.2, -0.15) is 0 Å². The van der Waals surface area contributed by atoms with Gasteiger partial charge in [0, 0.05) is 18.1 Å². The number of hydrogen-bond acceptors (Lipinski definition) is 2. The summed E-state index contributed by atoms with van der Waals surface area (Å²) < 4.78 is 27.5. The third kappa shape index (κ3) is 2.22. The maximum absolute atomic E-state index is 14.0. The molecule has 3 rings (SSSR count). The number of nitrogens with one attached hydrogen (secondary N) is 1. The van der Waals surface area contributed by atoms with Gasteiger partial charge in [0.1, 0.15) is 0 Å².